The van der Waals surface area contributed by atoms with Crippen LogP contribution in [0.3, 0.4) is 0 Å². The Kier molecular flexibility index (Phi) is 9.16. The summed E-state index contributed by atoms with van der Waals surface area (Å²) in [6, 6.07) is 28.1. The summed E-state index contributed by atoms with van der Waals surface area (Å²) in [6.07, 6.45) is 0.966. The number of halogens is 1. The lowest BCUT2D eigenvalue weighted by Crippen LogP contribution is -2.27. The van der Waals surface area contributed by atoms with E-state index in [1.807, 2.05) is 0 Å². The van der Waals surface area contributed by atoms with Gasteiger partial charge in [0.15, 0.2) is 0 Å². The molecular weight excluding hydrogens is 493 g/mol. The van der Waals surface area contributed by atoms with Crippen LogP contribution in [-0.2, 0) is 0 Å². The molecule has 0 unspecified atom stereocenters. The van der Waals surface area contributed by atoms with Crippen LogP contribution in [0, 0.1) is 3.57 Å². The molecule has 0 fully saturated rings. The van der Waals surface area contributed by atoms with Gasteiger partial charge < -0.3 is 9.64 Å². The molecule has 3 heteroatoms. The molecule has 3 aromatic carbocycles. The smallest absolute Gasteiger partial charge is 0.119 e. The number of hydrogen-bond donors (Lipinski definition) is 0. The van der Waals surface area contributed by atoms with Gasteiger partial charge in [0, 0.05) is 10.1 Å². The first-order valence-electron chi connectivity index (χ1n) is 11.2. The van der Waals surface area contributed by atoms with E-state index >= 15 is 0 Å². The van der Waals surface area contributed by atoms with Crippen LogP contribution in [0.25, 0.3) is 11.1 Å². The molecule has 31 heavy (non-hydrogen) atoms. The van der Waals surface area contributed by atoms with Gasteiger partial charge in [0.2, 0.25) is 0 Å². The van der Waals surface area contributed by atoms with Crippen molar-refractivity contribution < 1.29 is 4.74 Å². The zero-order chi connectivity index (χ0) is 22.1. The van der Waals surface area contributed by atoms with Crippen molar-refractivity contribution in [3.8, 4) is 5.75 Å². The Labute approximate surface area is 201 Å². The van der Waals surface area contributed by atoms with Crippen LogP contribution in [0.5, 0.6) is 5.75 Å². The van der Waals surface area contributed by atoms with Gasteiger partial charge in [-0.15, -0.1) is 0 Å². The molecule has 3 aromatic rings. The van der Waals surface area contributed by atoms with Crippen LogP contribution in [0.15, 0.2) is 78.9 Å². The molecule has 0 N–H and O–H groups in total. The number of nitrogens with zero attached hydrogens (tertiary/aromatic N) is 1. The standard InChI is InChI=1S/C28H32INO/c1-4-27(22-10-8-7-9-11-22)28(23-12-16-25(29)17-13-23)24-14-18-26(19-15-24)31-21-20-30(5-2)6-3/h7-19H,4-6,20-21H2,1-3H3/b28-27-. The molecule has 162 valence electrons. The van der Waals surface area contributed by atoms with E-state index in [-0.39, 0.29) is 0 Å². The van der Waals surface area contributed by atoms with Gasteiger partial charge in [-0.1, -0.05) is 75.4 Å². The number of allylic oxidation sites excluding steroid dienone is 1. The average molecular weight is 525 g/mol. The zero-order valence-corrected chi connectivity index (χ0v) is 20.9. The Balaban J connectivity index is 1.93. The normalized spacial score (nSPS) is 12.0. The van der Waals surface area contributed by atoms with Crippen molar-refractivity contribution in [2.45, 2.75) is 27.2 Å². The highest BCUT2D eigenvalue weighted by molar-refractivity contribution is 14.1. The van der Waals surface area contributed by atoms with E-state index in [2.05, 4.69) is 127 Å². The summed E-state index contributed by atoms with van der Waals surface area (Å²) in [4.78, 5) is 2.37. The Hall–Kier alpha value is -2.11. The second-order valence-corrected chi connectivity index (χ2v) is 8.73. The summed E-state index contributed by atoms with van der Waals surface area (Å²) in [5.41, 5.74) is 6.39. The lowest BCUT2D eigenvalue weighted by atomic mass is 9.88. The highest BCUT2D eigenvalue weighted by atomic mass is 127. The largest absolute Gasteiger partial charge is 0.492 e. The molecule has 0 radical (unpaired) electrons. The SMILES string of the molecule is CC/C(=C(\c1ccc(I)cc1)c1ccc(OCCN(CC)CC)cc1)c1ccccc1. The molecule has 3 rings (SSSR count). The van der Waals surface area contributed by atoms with Crippen molar-refractivity contribution in [1.29, 1.82) is 0 Å². The Morgan fingerprint density at radius 3 is 1.87 bits per heavy atom. The topological polar surface area (TPSA) is 12.5 Å². The quantitative estimate of drug-likeness (QED) is 0.202. The minimum Gasteiger partial charge on any atom is -0.492 e. The summed E-state index contributed by atoms with van der Waals surface area (Å²) >= 11 is 2.36. The minimum atomic E-state index is 0.713. The number of rotatable bonds is 10. The summed E-state index contributed by atoms with van der Waals surface area (Å²) in [5, 5.41) is 0. The Morgan fingerprint density at radius 1 is 0.742 bits per heavy atom. The molecule has 0 spiro atoms. The molecule has 0 aliphatic heterocycles. The highest BCUT2D eigenvalue weighted by Crippen LogP contribution is 2.35. The van der Waals surface area contributed by atoms with E-state index < -0.39 is 0 Å². The van der Waals surface area contributed by atoms with Crippen molar-refractivity contribution >= 4 is 33.7 Å². The van der Waals surface area contributed by atoms with Crippen molar-refractivity contribution in [3.05, 3.63) is 99.1 Å². The molecule has 2 nitrogen and oxygen atoms in total. The van der Waals surface area contributed by atoms with Gasteiger partial charge in [-0.25, -0.2) is 0 Å². The molecule has 0 bridgehead atoms. The first kappa shape index (κ1) is 23.6. The zero-order valence-electron chi connectivity index (χ0n) is 18.8. The van der Waals surface area contributed by atoms with E-state index in [1.54, 1.807) is 0 Å². The summed E-state index contributed by atoms with van der Waals surface area (Å²) in [6.45, 7) is 10.4. The lowest BCUT2D eigenvalue weighted by molar-refractivity contribution is 0.223. The third kappa shape index (κ3) is 6.44. The summed E-state index contributed by atoms with van der Waals surface area (Å²) in [7, 11) is 0. The molecule has 0 aliphatic rings. The van der Waals surface area contributed by atoms with Crippen molar-refractivity contribution in [1.82, 2.24) is 4.90 Å². The third-order valence-electron chi connectivity index (χ3n) is 5.62. The van der Waals surface area contributed by atoms with Gasteiger partial charge in [-0.3, -0.25) is 0 Å². The van der Waals surface area contributed by atoms with E-state index in [0.29, 0.717) is 6.61 Å². The number of hydrogen-bond acceptors (Lipinski definition) is 2. The highest BCUT2D eigenvalue weighted by Gasteiger charge is 2.13. The first-order chi connectivity index (χ1) is 15.2. The van der Waals surface area contributed by atoms with Crippen LogP contribution in [0.2, 0.25) is 0 Å². The lowest BCUT2D eigenvalue weighted by Gasteiger charge is -2.19. The summed E-state index contributed by atoms with van der Waals surface area (Å²) < 4.78 is 7.25. The maximum absolute atomic E-state index is 6.01. The van der Waals surface area contributed by atoms with Gasteiger partial charge in [0.05, 0.1) is 0 Å². The van der Waals surface area contributed by atoms with Gasteiger partial charge in [-0.2, -0.15) is 0 Å². The molecule has 0 aliphatic carbocycles. The molecule has 0 amide bonds. The number of likely N-dealkylation sites (N-methyl/N-ethyl adjacent to an activating group) is 1. The molecule has 0 saturated heterocycles. The fourth-order valence-corrected chi connectivity index (χ4v) is 4.21. The number of ether oxygens (including phenoxy) is 1. The Bertz CT molecular complexity index is 958. The maximum atomic E-state index is 6.01. The van der Waals surface area contributed by atoms with E-state index in [9.17, 15) is 0 Å². The second kappa shape index (κ2) is 12.1. The monoisotopic (exact) mass is 525 g/mol. The van der Waals surface area contributed by atoms with E-state index in [0.717, 1.165) is 31.8 Å². The second-order valence-electron chi connectivity index (χ2n) is 7.48. The predicted octanol–water partition coefficient (Wildman–Crippen LogP) is 7.38. The van der Waals surface area contributed by atoms with Gasteiger partial charge in [-0.05, 0) is 94.2 Å². The third-order valence-corrected chi connectivity index (χ3v) is 6.34. The molecule has 0 saturated carbocycles. The van der Waals surface area contributed by atoms with Crippen molar-refractivity contribution in [3.63, 3.8) is 0 Å². The van der Waals surface area contributed by atoms with E-state index in [4.69, 9.17) is 4.74 Å². The molecule has 0 aromatic heterocycles. The van der Waals surface area contributed by atoms with Crippen LogP contribution < -0.4 is 4.74 Å². The fourth-order valence-electron chi connectivity index (χ4n) is 3.85. The van der Waals surface area contributed by atoms with Gasteiger partial charge in [0.25, 0.3) is 0 Å². The molecule has 0 heterocycles. The minimum absolute atomic E-state index is 0.713. The van der Waals surface area contributed by atoms with Gasteiger partial charge >= 0.3 is 0 Å². The van der Waals surface area contributed by atoms with Crippen LogP contribution >= 0.6 is 22.6 Å². The van der Waals surface area contributed by atoms with Crippen LogP contribution in [0.1, 0.15) is 43.9 Å². The van der Waals surface area contributed by atoms with E-state index in [1.165, 1.54) is 31.4 Å². The summed E-state index contributed by atoms with van der Waals surface area (Å²) in [5.74, 6) is 0.927. The number of benzene rings is 3. The average Bonchev–Trinajstić information content (AvgIpc) is 2.82. The first-order valence-corrected chi connectivity index (χ1v) is 12.2. The van der Waals surface area contributed by atoms with Crippen LogP contribution in [-0.4, -0.2) is 31.1 Å². The molecule has 0 atom stereocenters. The molecular formula is C28H32INO. The predicted molar refractivity (Wildman–Crippen MR) is 142 cm³/mol. The van der Waals surface area contributed by atoms with Crippen molar-refractivity contribution in [2.24, 2.45) is 0 Å². The van der Waals surface area contributed by atoms with Crippen molar-refractivity contribution in [2.75, 3.05) is 26.2 Å². The van der Waals surface area contributed by atoms with Crippen LogP contribution in [0.4, 0.5) is 0 Å². The maximum Gasteiger partial charge on any atom is 0.119 e. The Morgan fingerprint density at radius 2 is 1.32 bits per heavy atom. The fraction of sp³-hybridized carbons (Fsp3) is 0.286. The van der Waals surface area contributed by atoms with Gasteiger partial charge in [0.1, 0.15) is 12.4 Å².